The maximum Gasteiger partial charge on any atom is 0.242 e. The Morgan fingerprint density at radius 2 is 1.68 bits per heavy atom. The summed E-state index contributed by atoms with van der Waals surface area (Å²) in [6.45, 7) is 6.36. The van der Waals surface area contributed by atoms with Crippen molar-refractivity contribution in [3.05, 3.63) is 69.5 Å². The molecule has 1 atom stereocenters. The second kappa shape index (κ2) is 12.3. The summed E-state index contributed by atoms with van der Waals surface area (Å²) in [6.07, 6.45) is 0. The lowest BCUT2D eigenvalue weighted by Gasteiger charge is -2.29. The van der Waals surface area contributed by atoms with Crippen molar-refractivity contribution in [1.82, 2.24) is 10.2 Å². The molecule has 0 bridgehead atoms. The van der Waals surface area contributed by atoms with E-state index >= 15 is 0 Å². The van der Waals surface area contributed by atoms with Crippen LogP contribution in [0.1, 0.15) is 31.9 Å². The van der Waals surface area contributed by atoms with Crippen LogP contribution in [0.5, 0.6) is 0 Å². The molecule has 0 aliphatic rings. The Kier molecular flexibility index (Phi) is 10.1. The molecule has 0 aliphatic heterocycles. The van der Waals surface area contributed by atoms with Crippen molar-refractivity contribution in [1.29, 1.82) is 0 Å². The molecule has 31 heavy (non-hydrogen) atoms. The first-order valence-corrected chi connectivity index (χ1v) is 11.9. The van der Waals surface area contributed by atoms with Crippen molar-refractivity contribution < 1.29 is 14.0 Å². The van der Waals surface area contributed by atoms with Crippen LogP contribution < -0.4 is 5.32 Å². The molecule has 0 saturated heterocycles. The number of nitrogens with zero attached hydrogens (tertiary/aromatic N) is 1. The molecule has 0 heterocycles. The van der Waals surface area contributed by atoms with Crippen LogP contribution in [-0.2, 0) is 21.9 Å². The Morgan fingerprint density at radius 3 is 2.26 bits per heavy atom. The van der Waals surface area contributed by atoms with Gasteiger partial charge in [0.15, 0.2) is 0 Å². The number of amides is 2. The second-order valence-corrected chi connectivity index (χ2v) is 9.46. The van der Waals surface area contributed by atoms with Gasteiger partial charge in [-0.15, -0.1) is 11.8 Å². The molecule has 0 fully saturated rings. The van der Waals surface area contributed by atoms with Crippen LogP contribution >= 0.6 is 35.0 Å². The van der Waals surface area contributed by atoms with Crippen LogP contribution in [0.3, 0.4) is 0 Å². The predicted molar refractivity (Wildman–Crippen MR) is 127 cm³/mol. The van der Waals surface area contributed by atoms with E-state index in [0.717, 1.165) is 5.56 Å². The number of nitrogens with one attached hydrogen (secondary N) is 1. The molecule has 0 spiro atoms. The van der Waals surface area contributed by atoms with E-state index < -0.39 is 6.04 Å². The normalized spacial score (nSPS) is 12.0. The van der Waals surface area contributed by atoms with E-state index in [1.807, 2.05) is 13.8 Å². The SMILES string of the molecule is CC(C)CNC(=O)[C@H](C)N(Cc1c(Cl)cccc1Cl)C(=O)CSCc1ccc(F)cc1. The Morgan fingerprint density at radius 1 is 1.06 bits per heavy atom. The Bertz CT molecular complexity index is 873. The van der Waals surface area contributed by atoms with Gasteiger partial charge in [0, 0.05) is 34.5 Å². The molecule has 2 rings (SSSR count). The van der Waals surface area contributed by atoms with Gasteiger partial charge in [0.1, 0.15) is 11.9 Å². The van der Waals surface area contributed by atoms with Crippen LogP contribution in [0.2, 0.25) is 10.0 Å². The molecule has 0 radical (unpaired) electrons. The van der Waals surface area contributed by atoms with Gasteiger partial charge in [-0.3, -0.25) is 9.59 Å². The van der Waals surface area contributed by atoms with E-state index in [0.29, 0.717) is 33.8 Å². The van der Waals surface area contributed by atoms with Gasteiger partial charge < -0.3 is 10.2 Å². The fourth-order valence-corrected chi connectivity index (χ4v) is 4.20. The van der Waals surface area contributed by atoms with E-state index in [1.165, 1.54) is 28.8 Å². The Labute approximate surface area is 197 Å². The van der Waals surface area contributed by atoms with E-state index in [2.05, 4.69) is 5.32 Å². The molecule has 4 nitrogen and oxygen atoms in total. The van der Waals surface area contributed by atoms with Crippen molar-refractivity contribution in [2.45, 2.75) is 39.1 Å². The number of hydrogen-bond donors (Lipinski definition) is 1. The summed E-state index contributed by atoms with van der Waals surface area (Å²) < 4.78 is 13.1. The van der Waals surface area contributed by atoms with E-state index in [4.69, 9.17) is 23.2 Å². The van der Waals surface area contributed by atoms with E-state index in [1.54, 1.807) is 37.3 Å². The van der Waals surface area contributed by atoms with Gasteiger partial charge >= 0.3 is 0 Å². The third kappa shape index (κ3) is 8.02. The van der Waals surface area contributed by atoms with Crippen LogP contribution in [0, 0.1) is 11.7 Å². The number of benzene rings is 2. The summed E-state index contributed by atoms with van der Waals surface area (Å²) in [5, 5.41) is 3.77. The maximum atomic E-state index is 13.1. The first-order chi connectivity index (χ1) is 14.7. The molecule has 2 amide bonds. The molecule has 2 aromatic carbocycles. The second-order valence-electron chi connectivity index (χ2n) is 7.66. The van der Waals surface area contributed by atoms with Gasteiger partial charge in [-0.1, -0.05) is 55.2 Å². The molecule has 1 N–H and O–H groups in total. The first kappa shape index (κ1) is 25.5. The number of rotatable bonds is 10. The lowest BCUT2D eigenvalue weighted by atomic mass is 10.1. The zero-order chi connectivity index (χ0) is 23.0. The van der Waals surface area contributed by atoms with Crippen LogP contribution in [0.25, 0.3) is 0 Å². The molecule has 0 aliphatic carbocycles. The van der Waals surface area contributed by atoms with Gasteiger partial charge in [0.2, 0.25) is 11.8 Å². The van der Waals surface area contributed by atoms with Crippen molar-refractivity contribution in [3.8, 4) is 0 Å². The topological polar surface area (TPSA) is 49.4 Å². The van der Waals surface area contributed by atoms with Gasteiger partial charge in [0.25, 0.3) is 0 Å². The van der Waals surface area contributed by atoms with Crippen molar-refractivity contribution in [2.24, 2.45) is 5.92 Å². The minimum Gasteiger partial charge on any atom is -0.354 e. The van der Waals surface area contributed by atoms with Gasteiger partial charge in [-0.25, -0.2) is 4.39 Å². The summed E-state index contributed by atoms with van der Waals surface area (Å²) >= 11 is 14.0. The zero-order valence-corrected chi connectivity index (χ0v) is 20.2. The van der Waals surface area contributed by atoms with Crippen LogP contribution in [0.15, 0.2) is 42.5 Å². The fourth-order valence-electron chi connectivity index (χ4n) is 2.81. The summed E-state index contributed by atoms with van der Waals surface area (Å²) in [5.41, 5.74) is 1.52. The quantitative estimate of drug-likeness (QED) is 0.480. The molecule has 0 unspecified atom stereocenters. The van der Waals surface area contributed by atoms with Crippen molar-refractivity contribution in [3.63, 3.8) is 0 Å². The van der Waals surface area contributed by atoms with Crippen LogP contribution in [0.4, 0.5) is 4.39 Å². The highest BCUT2D eigenvalue weighted by molar-refractivity contribution is 7.99. The average Bonchev–Trinajstić information content (AvgIpc) is 2.72. The Hall–Kier alpha value is -1.76. The van der Waals surface area contributed by atoms with Crippen LogP contribution in [-0.4, -0.2) is 35.1 Å². The lowest BCUT2D eigenvalue weighted by molar-refractivity contribution is -0.138. The minimum absolute atomic E-state index is 0.130. The predicted octanol–water partition coefficient (Wildman–Crippen LogP) is 5.56. The zero-order valence-electron chi connectivity index (χ0n) is 17.8. The molecular weight excluding hydrogens is 458 g/mol. The molecule has 8 heteroatoms. The summed E-state index contributed by atoms with van der Waals surface area (Å²) in [7, 11) is 0. The highest BCUT2D eigenvalue weighted by Gasteiger charge is 2.27. The lowest BCUT2D eigenvalue weighted by Crippen LogP contribution is -2.48. The summed E-state index contributed by atoms with van der Waals surface area (Å²) in [4.78, 5) is 27.2. The first-order valence-electron chi connectivity index (χ1n) is 10.0. The largest absolute Gasteiger partial charge is 0.354 e. The third-order valence-electron chi connectivity index (χ3n) is 4.65. The van der Waals surface area contributed by atoms with Gasteiger partial charge in [0.05, 0.1) is 5.75 Å². The molecular formula is C23H27Cl2FN2O2S. The number of hydrogen-bond acceptors (Lipinski definition) is 3. The Balaban J connectivity index is 2.12. The number of halogens is 3. The number of carbonyl (C=O) groups excluding carboxylic acids is 2. The molecule has 0 saturated carbocycles. The van der Waals surface area contributed by atoms with E-state index in [9.17, 15) is 14.0 Å². The summed E-state index contributed by atoms with van der Waals surface area (Å²) in [5.74, 6) is 0.296. The standard InChI is InChI=1S/C23H27Cl2FN2O2S/c1-15(2)11-27-23(30)16(3)28(12-19-20(24)5-4-6-21(19)25)22(29)14-31-13-17-7-9-18(26)10-8-17/h4-10,15-16H,11-14H2,1-3H3,(H,27,30)/t16-/m0/s1. The fraction of sp³-hybridized carbons (Fsp3) is 0.391. The minimum atomic E-state index is -0.690. The maximum absolute atomic E-state index is 13.1. The highest BCUT2D eigenvalue weighted by atomic mass is 35.5. The monoisotopic (exact) mass is 484 g/mol. The smallest absolute Gasteiger partial charge is 0.242 e. The third-order valence-corrected chi connectivity index (χ3v) is 6.35. The summed E-state index contributed by atoms with van der Waals surface area (Å²) in [6, 6.07) is 10.6. The molecule has 2 aromatic rings. The van der Waals surface area contributed by atoms with Gasteiger partial charge in [-0.05, 0) is 42.7 Å². The number of carbonyl (C=O) groups is 2. The van der Waals surface area contributed by atoms with Gasteiger partial charge in [-0.2, -0.15) is 0 Å². The van der Waals surface area contributed by atoms with Crippen molar-refractivity contribution >= 4 is 46.8 Å². The average molecular weight is 485 g/mol. The van der Waals surface area contributed by atoms with E-state index in [-0.39, 0.29) is 29.9 Å². The molecule has 0 aromatic heterocycles. The highest BCUT2D eigenvalue weighted by Crippen LogP contribution is 2.27. The van der Waals surface area contributed by atoms with Crippen molar-refractivity contribution in [2.75, 3.05) is 12.3 Å². The molecule has 168 valence electrons. The number of thioether (sulfide) groups is 1.